The summed E-state index contributed by atoms with van der Waals surface area (Å²) in [5, 5.41) is 17.8. The molecule has 5 heteroatoms. The zero-order chi connectivity index (χ0) is 9.84. The van der Waals surface area contributed by atoms with Crippen molar-refractivity contribution in [2.24, 2.45) is 0 Å². The number of cyclic esters (lactones) is 2. The molecule has 0 saturated heterocycles. The van der Waals surface area contributed by atoms with Crippen LogP contribution in [0.25, 0.3) is 0 Å². The highest BCUT2D eigenvalue weighted by atomic mass is 16.6. The second kappa shape index (κ2) is 4.15. The summed E-state index contributed by atoms with van der Waals surface area (Å²) in [5.41, 5.74) is -0.0292. The lowest BCUT2D eigenvalue weighted by Gasteiger charge is -2.07. The first-order chi connectivity index (χ1) is 6.15. The smallest absolute Gasteiger partial charge is 0.344 e. The van der Waals surface area contributed by atoms with E-state index in [-0.39, 0.29) is 18.6 Å². The Kier molecular flexibility index (Phi) is 3.16. The number of hydrogen-bond acceptors (Lipinski definition) is 5. The van der Waals surface area contributed by atoms with E-state index in [1.807, 2.05) is 0 Å². The molecule has 13 heavy (non-hydrogen) atoms. The van der Waals surface area contributed by atoms with Crippen molar-refractivity contribution >= 4 is 11.9 Å². The standard InChI is InChI=1S/C8H10O5/c9-3-1-2-6(10)5-4-7(11)13-8(5)12/h4,6,9-10H,1-3H2. The Morgan fingerprint density at radius 3 is 2.62 bits per heavy atom. The first kappa shape index (κ1) is 9.88. The molecule has 1 atom stereocenters. The fraction of sp³-hybridized carbons (Fsp3) is 0.500. The van der Waals surface area contributed by atoms with E-state index in [0.29, 0.717) is 6.42 Å². The van der Waals surface area contributed by atoms with Gasteiger partial charge in [0, 0.05) is 12.7 Å². The van der Waals surface area contributed by atoms with E-state index in [4.69, 9.17) is 5.11 Å². The van der Waals surface area contributed by atoms with Gasteiger partial charge in [-0.1, -0.05) is 0 Å². The van der Waals surface area contributed by atoms with Gasteiger partial charge >= 0.3 is 11.9 Å². The van der Waals surface area contributed by atoms with Crippen molar-refractivity contribution in [2.45, 2.75) is 18.9 Å². The zero-order valence-electron chi connectivity index (χ0n) is 6.90. The zero-order valence-corrected chi connectivity index (χ0v) is 6.90. The quantitative estimate of drug-likeness (QED) is 0.440. The highest BCUT2D eigenvalue weighted by Gasteiger charge is 2.28. The lowest BCUT2D eigenvalue weighted by Crippen LogP contribution is -2.16. The number of esters is 2. The minimum absolute atomic E-state index is 0.0292. The van der Waals surface area contributed by atoms with E-state index in [1.165, 1.54) is 0 Å². The monoisotopic (exact) mass is 186 g/mol. The average molecular weight is 186 g/mol. The second-order valence-electron chi connectivity index (χ2n) is 2.69. The summed E-state index contributed by atoms with van der Waals surface area (Å²) in [6.45, 7) is -0.0622. The normalized spacial score (nSPS) is 18.5. The van der Waals surface area contributed by atoms with Crippen molar-refractivity contribution in [1.29, 1.82) is 0 Å². The Labute approximate surface area is 74.6 Å². The van der Waals surface area contributed by atoms with Gasteiger partial charge in [0.05, 0.1) is 11.7 Å². The van der Waals surface area contributed by atoms with Crippen LogP contribution in [-0.2, 0) is 14.3 Å². The lowest BCUT2D eigenvalue weighted by atomic mass is 10.1. The number of carbonyl (C=O) groups is 2. The third-order valence-corrected chi connectivity index (χ3v) is 1.70. The van der Waals surface area contributed by atoms with Crippen molar-refractivity contribution in [3.8, 4) is 0 Å². The molecule has 0 amide bonds. The van der Waals surface area contributed by atoms with E-state index >= 15 is 0 Å². The number of aliphatic hydroxyl groups excluding tert-OH is 2. The molecule has 1 rings (SSSR count). The number of rotatable bonds is 4. The number of carbonyl (C=O) groups excluding carboxylic acids is 2. The Bertz CT molecular complexity index is 255. The second-order valence-corrected chi connectivity index (χ2v) is 2.69. The Morgan fingerprint density at radius 2 is 2.15 bits per heavy atom. The van der Waals surface area contributed by atoms with Crippen LogP contribution in [0, 0.1) is 0 Å². The molecule has 1 aliphatic heterocycles. The Balaban J connectivity index is 2.55. The predicted molar refractivity (Wildman–Crippen MR) is 41.5 cm³/mol. The summed E-state index contributed by atoms with van der Waals surface area (Å²) < 4.78 is 4.18. The molecule has 5 nitrogen and oxygen atoms in total. The van der Waals surface area contributed by atoms with Crippen LogP contribution in [0.5, 0.6) is 0 Å². The molecular weight excluding hydrogens is 176 g/mol. The first-order valence-corrected chi connectivity index (χ1v) is 3.92. The molecule has 0 fully saturated rings. The number of aliphatic hydroxyl groups is 2. The molecule has 0 aromatic carbocycles. The maximum Gasteiger partial charge on any atom is 0.344 e. The van der Waals surface area contributed by atoms with Gasteiger partial charge in [0.2, 0.25) is 0 Å². The molecule has 1 unspecified atom stereocenters. The fourth-order valence-electron chi connectivity index (χ4n) is 1.04. The maximum absolute atomic E-state index is 10.9. The van der Waals surface area contributed by atoms with Crippen molar-refractivity contribution in [3.63, 3.8) is 0 Å². The SMILES string of the molecule is O=C1C=C(C(O)CCCO)C(=O)O1. The van der Waals surface area contributed by atoms with E-state index in [0.717, 1.165) is 6.08 Å². The molecule has 0 aliphatic carbocycles. The van der Waals surface area contributed by atoms with E-state index < -0.39 is 18.0 Å². The molecular formula is C8H10O5. The topological polar surface area (TPSA) is 83.8 Å². The largest absolute Gasteiger partial charge is 0.396 e. The molecule has 0 aromatic rings. The van der Waals surface area contributed by atoms with Crippen LogP contribution < -0.4 is 0 Å². The van der Waals surface area contributed by atoms with Gasteiger partial charge in [0.25, 0.3) is 0 Å². The highest BCUT2D eigenvalue weighted by molar-refractivity contribution is 6.09. The molecule has 1 aliphatic rings. The van der Waals surface area contributed by atoms with Crippen LogP contribution in [0.4, 0.5) is 0 Å². The van der Waals surface area contributed by atoms with Crippen LogP contribution in [0.1, 0.15) is 12.8 Å². The van der Waals surface area contributed by atoms with E-state index in [9.17, 15) is 14.7 Å². The molecule has 2 N–H and O–H groups in total. The molecule has 0 spiro atoms. The fourth-order valence-corrected chi connectivity index (χ4v) is 1.04. The summed E-state index contributed by atoms with van der Waals surface area (Å²) in [7, 11) is 0. The van der Waals surface area contributed by atoms with Gasteiger partial charge in [-0.2, -0.15) is 0 Å². The van der Waals surface area contributed by atoms with Crippen LogP contribution in [0.2, 0.25) is 0 Å². The maximum atomic E-state index is 10.9. The van der Waals surface area contributed by atoms with Crippen LogP contribution in [0.15, 0.2) is 11.6 Å². The van der Waals surface area contributed by atoms with Crippen LogP contribution in [0.3, 0.4) is 0 Å². The summed E-state index contributed by atoms with van der Waals surface area (Å²) in [4.78, 5) is 21.4. The molecule has 0 radical (unpaired) electrons. The van der Waals surface area contributed by atoms with Gasteiger partial charge in [-0.3, -0.25) is 0 Å². The lowest BCUT2D eigenvalue weighted by molar-refractivity contribution is -0.151. The van der Waals surface area contributed by atoms with E-state index in [1.54, 1.807) is 0 Å². The summed E-state index contributed by atoms with van der Waals surface area (Å²) >= 11 is 0. The van der Waals surface area contributed by atoms with Crippen molar-refractivity contribution < 1.29 is 24.5 Å². The highest BCUT2D eigenvalue weighted by Crippen LogP contribution is 2.15. The van der Waals surface area contributed by atoms with Gasteiger partial charge in [-0.25, -0.2) is 9.59 Å². The van der Waals surface area contributed by atoms with Gasteiger partial charge < -0.3 is 14.9 Å². The summed E-state index contributed by atoms with van der Waals surface area (Å²) in [5.74, 6) is -1.54. The van der Waals surface area contributed by atoms with Crippen molar-refractivity contribution in [1.82, 2.24) is 0 Å². The van der Waals surface area contributed by atoms with Crippen LogP contribution >= 0.6 is 0 Å². The minimum Gasteiger partial charge on any atom is -0.396 e. The predicted octanol–water partition coefficient (Wildman–Crippen LogP) is -0.870. The number of ether oxygens (including phenoxy) is 1. The third-order valence-electron chi connectivity index (χ3n) is 1.70. The number of hydrogen-bond donors (Lipinski definition) is 2. The van der Waals surface area contributed by atoms with Crippen molar-refractivity contribution in [2.75, 3.05) is 6.61 Å². The van der Waals surface area contributed by atoms with Crippen molar-refractivity contribution in [3.05, 3.63) is 11.6 Å². The first-order valence-electron chi connectivity index (χ1n) is 3.92. The van der Waals surface area contributed by atoms with Gasteiger partial charge in [0.1, 0.15) is 0 Å². The molecule has 72 valence electrons. The Morgan fingerprint density at radius 1 is 1.46 bits per heavy atom. The summed E-state index contributed by atoms with van der Waals surface area (Å²) in [6.07, 6.45) is 0.570. The minimum atomic E-state index is -1.02. The van der Waals surface area contributed by atoms with Gasteiger partial charge in [-0.05, 0) is 12.8 Å². The third kappa shape index (κ3) is 2.37. The van der Waals surface area contributed by atoms with Crippen LogP contribution in [-0.4, -0.2) is 34.9 Å². The molecule has 0 saturated carbocycles. The van der Waals surface area contributed by atoms with Gasteiger partial charge in [0.15, 0.2) is 0 Å². The molecule has 0 bridgehead atoms. The Hall–Kier alpha value is -1.20. The molecule has 0 aromatic heterocycles. The van der Waals surface area contributed by atoms with Gasteiger partial charge in [-0.15, -0.1) is 0 Å². The molecule has 1 heterocycles. The summed E-state index contributed by atoms with van der Waals surface area (Å²) in [6, 6.07) is 0. The van der Waals surface area contributed by atoms with E-state index in [2.05, 4.69) is 4.74 Å². The average Bonchev–Trinajstić information content (AvgIpc) is 2.41.